The number of ether oxygens (including phenoxy) is 2. The molecule has 5 rings (SSSR count). The molecule has 4 aliphatic rings. The summed E-state index contributed by atoms with van der Waals surface area (Å²) in [4.78, 5) is 51.5. The number of methoxy groups -OCH3 is 2. The Kier molecular flexibility index (Phi) is 4.77. The number of fused-ring (bicyclic) bond motifs is 3. The van der Waals surface area contributed by atoms with Crippen molar-refractivity contribution in [3.63, 3.8) is 0 Å². The van der Waals surface area contributed by atoms with Crippen LogP contribution in [0.5, 0.6) is 17.2 Å². The van der Waals surface area contributed by atoms with E-state index in [0.29, 0.717) is 34.6 Å². The lowest BCUT2D eigenvalue weighted by molar-refractivity contribution is -0.126. The number of allylic oxidation sites excluding steroid dienone is 6. The Morgan fingerprint density at radius 3 is 2.48 bits per heavy atom. The number of carbonyl (C=O) groups excluding carboxylic acids is 4. The first kappa shape index (κ1) is 21.2. The van der Waals surface area contributed by atoms with Gasteiger partial charge < -0.3 is 14.6 Å². The summed E-state index contributed by atoms with van der Waals surface area (Å²) in [6, 6.07) is 3.03. The standard InChI is InChI=1S/C25H23NO7/c1-10-6-16(27)20-15(23(10)29)9-14-12(4-5-13-19(14)25(31)26-24(13)30)21(20)22-17(28)7-11(32-2)8-18(22)33-3/h4,6-8,13-14,19,21,28H,5,9H2,1-3H3,(H,26,30,31). The molecule has 1 aromatic rings. The maximum Gasteiger partial charge on any atom is 0.231 e. The van der Waals surface area contributed by atoms with Crippen LogP contribution in [0.4, 0.5) is 0 Å². The van der Waals surface area contributed by atoms with E-state index < -0.39 is 23.7 Å². The fourth-order valence-electron chi connectivity index (χ4n) is 5.79. The van der Waals surface area contributed by atoms with Crippen LogP contribution in [-0.2, 0) is 19.2 Å². The van der Waals surface area contributed by atoms with Crippen molar-refractivity contribution in [2.75, 3.05) is 14.2 Å². The fourth-order valence-corrected chi connectivity index (χ4v) is 5.79. The summed E-state index contributed by atoms with van der Waals surface area (Å²) in [5, 5.41) is 13.4. The molecule has 8 nitrogen and oxygen atoms in total. The van der Waals surface area contributed by atoms with Gasteiger partial charge in [-0.2, -0.15) is 0 Å². The van der Waals surface area contributed by atoms with Crippen molar-refractivity contribution >= 4 is 23.4 Å². The molecule has 1 heterocycles. The highest BCUT2D eigenvalue weighted by Crippen LogP contribution is 2.57. The topological polar surface area (TPSA) is 119 Å². The Bertz CT molecular complexity index is 1240. The molecular weight excluding hydrogens is 426 g/mol. The number of Topliss-reactive ketones (excluding diaryl/α,β-unsaturated/α-hetero) is 1. The van der Waals surface area contributed by atoms with Gasteiger partial charge in [-0.1, -0.05) is 11.6 Å². The minimum atomic E-state index is -0.787. The summed E-state index contributed by atoms with van der Waals surface area (Å²) >= 11 is 0. The molecule has 8 heteroatoms. The second-order valence-corrected chi connectivity index (χ2v) is 8.84. The zero-order valence-corrected chi connectivity index (χ0v) is 18.4. The average Bonchev–Trinajstić information content (AvgIpc) is 3.09. The van der Waals surface area contributed by atoms with Crippen LogP contribution < -0.4 is 14.8 Å². The van der Waals surface area contributed by atoms with Crippen LogP contribution >= 0.6 is 0 Å². The maximum atomic E-state index is 13.2. The summed E-state index contributed by atoms with van der Waals surface area (Å²) in [6.45, 7) is 1.59. The van der Waals surface area contributed by atoms with E-state index in [4.69, 9.17) is 9.47 Å². The van der Waals surface area contributed by atoms with Crippen LogP contribution in [0.3, 0.4) is 0 Å². The van der Waals surface area contributed by atoms with Crippen LogP contribution in [0, 0.1) is 17.8 Å². The molecule has 4 atom stereocenters. The number of hydrogen-bond donors (Lipinski definition) is 2. The van der Waals surface area contributed by atoms with Gasteiger partial charge >= 0.3 is 0 Å². The van der Waals surface area contributed by atoms with Crippen molar-refractivity contribution in [2.24, 2.45) is 17.8 Å². The zero-order chi connectivity index (χ0) is 23.6. The van der Waals surface area contributed by atoms with Gasteiger partial charge in [0, 0.05) is 40.3 Å². The van der Waals surface area contributed by atoms with Gasteiger partial charge in [-0.05, 0) is 31.8 Å². The van der Waals surface area contributed by atoms with Gasteiger partial charge in [0.25, 0.3) is 0 Å². The SMILES string of the molecule is COc1cc(O)c(C2C3=CCC4C(=O)NC(=O)C4C3CC3=C2C(=O)C=C(C)C3=O)c(OC)c1. The molecule has 3 aliphatic carbocycles. The van der Waals surface area contributed by atoms with E-state index in [1.165, 1.54) is 26.4 Å². The van der Waals surface area contributed by atoms with Crippen LogP contribution in [0.15, 0.2) is 46.6 Å². The number of rotatable bonds is 3. The van der Waals surface area contributed by atoms with Gasteiger partial charge in [0.2, 0.25) is 11.8 Å². The van der Waals surface area contributed by atoms with Crippen LogP contribution in [0.2, 0.25) is 0 Å². The lowest BCUT2D eigenvalue weighted by Crippen LogP contribution is -2.39. The maximum absolute atomic E-state index is 13.2. The Morgan fingerprint density at radius 1 is 1.03 bits per heavy atom. The quantitative estimate of drug-likeness (QED) is 0.412. The Morgan fingerprint density at radius 2 is 1.79 bits per heavy atom. The molecule has 0 saturated carbocycles. The van der Waals surface area contributed by atoms with E-state index in [-0.39, 0.29) is 41.1 Å². The number of amides is 2. The minimum Gasteiger partial charge on any atom is -0.507 e. The Balaban J connectivity index is 1.77. The molecule has 1 aromatic carbocycles. The van der Waals surface area contributed by atoms with E-state index in [9.17, 15) is 24.3 Å². The number of aromatic hydroxyl groups is 1. The van der Waals surface area contributed by atoms with Gasteiger partial charge in [0.1, 0.15) is 17.2 Å². The van der Waals surface area contributed by atoms with E-state index in [1.807, 2.05) is 6.08 Å². The van der Waals surface area contributed by atoms with Gasteiger partial charge in [-0.15, -0.1) is 0 Å². The van der Waals surface area contributed by atoms with E-state index in [0.717, 1.165) is 5.57 Å². The third-order valence-electron chi connectivity index (χ3n) is 7.24. The van der Waals surface area contributed by atoms with E-state index >= 15 is 0 Å². The highest BCUT2D eigenvalue weighted by Gasteiger charge is 2.54. The number of phenolic OH excluding ortho intramolecular Hbond substituents is 1. The van der Waals surface area contributed by atoms with Crippen molar-refractivity contribution in [3.8, 4) is 17.2 Å². The normalized spacial score (nSPS) is 28.5. The fraction of sp³-hybridized carbons (Fsp3) is 0.360. The Labute approximate surface area is 189 Å². The molecule has 1 saturated heterocycles. The highest BCUT2D eigenvalue weighted by atomic mass is 16.5. The Hall–Kier alpha value is -3.68. The number of hydrogen-bond acceptors (Lipinski definition) is 7. The van der Waals surface area contributed by atoms with Gasteiger partial charge in [0.15, 0.2) is 11.6 Å². The molecule has 0 spiro atoms. The summed E-state index contributed by atoms with van der Waals surface area (Å²) in [5.41, 5.74) is 2.02. The molecule has 2 amide bonds. The largest absolute Gasteiger partial charge is 0.507 e. The molecule has 170 valence electrons. The lowest BCUT2D eigenvalue weighted by Gasteiger charge is -2.42. The second kappa shape index (κ2) is 7.43. The summed E-state index contributed by atoms with van der Waals surface area (Å²) in [6.07, 6.45) is 3.72. The number of benzene rings is 1. The molecule has 0 aromatic heterocycles. The molecule has 2 N–H and O–H groups in total. The summed E-state index contributed by atoms with van der Waals surface area (Å²) in [7, 11) is 2.90. The minimum absolute atomic E-state index is 0.148. The molecule has 33 heavy (non-hydrogen) atoms. The van der Waals surface area contributed by atoms with Crippen molar-refractivity contribution in [3.05, 3.63) is 52.1 Å². The first-order valence-electron chi connectivity index (χ1n) is 10.8. The first-order valence-corrected chi connectivity index (χ1v) is 10.8. The third kappa shape index (κ3) is 2.97. The lowest BCUT2D eigenvalue weighted by atomic mass is 9.59. The third-order valence-corrected chi connectivity index (χ3v) is 7.24. The monoisotopic (exact) mass is 449 g/mol. The van der Waals surface area contributed by atoms with Gasteiger partial charge in [-0.25, -0.2) is 0 Å². The van der Waals surface area contributed by atoms with Crippen molar-refractivity contribution in [1.29, 1.82) is 0 Å². The summed E-state index contributed by atoms with van der Waals surface area (Å²) in [5.74, 6) is -3.10. The van der Waals surface area contributed by atoms with Crippen molar-refractivity contribution in [1.82, 2.24) is 5.32 Å². The summed E-state index contributed by atoms with van der Waals surface area (Å²) < 4.78 is 10.8. The molecule has 1 aliphatic heterocycles. The van der Waals surface area contributed by atoms with Crippen LogP contribution in [0.25, 0.3) is 0 Å². The average molecular weight is 449 g/mol. The first-order chi connectivity index (χ1) is 15.8. The number of imide groups is 1. The predicted octanol–water partition coefficient (Wildman–Crippen LogP) is 2.13. The van der Waals surface area contributed by atoms with E-state index in [2.05, 4.69) is 5.32 Å². The number of phenols is 1. The molecule has 1 fully saturated rings. The van der Waals surface area contributed by atoms with Gasteiger partial charge in [-0.3, -0.25) is 24.5 Å². The molecular formula is C25H23NO7. The van der Waals surface area contributed by atoms with Crippen molar-refractivity contribution < 1.29 is 33.8 Å². The highest BCUT2D eigenvalue weighted by molar-refractivity contribution is 6.23. The van der Waals surface area contributed by atoms with Gasteiger partial charge in [0.05, 0.1) is 26.1 Å². The molecule has 4 unspecified atom stereocenters. The zero-order valence-electron chi connectivity index (χ0n) is 18.4. The molecule has 0 bridgehead atoms. The van der Waals surface area contributed by atoms with E-state index in [1.54, 1.807) is 13.0 Å². The number of ketones is 2. The second-order valence-electron chi connectivity index (χ2n) is 8.84. The smallest absolute Gasteiger partial charge is 0.231 e. The number of carbonyl (C=O) groups is 4. The predicted molar refractivity (Wildman–Crippen MR) is 116 cm³/mol. The van der Waals surface area contributed by atoms with Crippen LogP contribution in [-0.4, -0.2) is 42.7 Å². The number of nitrogens with one attached hydrogen (secondary N) is 1. The molecule has 0 radical (unpaired) electrons. The van der Waals surface area contributed by atoms with Crippen LogP contribution in [0.1, 0.15) is 31.2 Å². The van der Waals surface area contributed by atoms with Crippen molar-refractivity contribution in [2.45, 2.75) is 25.7 Å².